The number of carbonyl (C=O) groups is 1. The van der Waals surface area contributed by atoms with Crippen molar-refractivity contribution in [2.75, 3.05) is 27.7 Å². The zero-order valence-electron chi connectivity index (χ0n) is 11.2. The first kappa shape index (κ1) is 15.7. The number of rotatable bonds is 8. The number of methoxy groups -OCH3 is 1. The maximum absolute atomic E-state index is 10.8. The molecule has 0 aromatic heterocycles. The number of guanidine groups is 1. The van der Waals surface area contributed by atoms with E-state index >= 15 is 0 Å². The Balaban J connectivity index is 3.21. The molecule has 0 aromatic rings. The largest absolute Gasteiger partial charge is 0.469 e. The summed E-state index contributed by atoms with van der Waals surface area (Å²) >= 11 is 0. The zero-order valence-corrected chi connectivity index (χ0v) is 11.2. The molecule has 0 unspecified atom stereocenters. The van der Waals surface area contributed by atoms with Crippen molar-refractivity contribution in [1.29, 1.82) is 0 Å². The van der Waals surface area contributed by atoms with Gasteiger partial charge in [0.1, 0.15) is 0 Å². The molecule has 0 saturated heterocycles. The van der Waals surface area contributed by atoms with Gasteiger partial charge in [-0.2, -0.15) is 0 Å². The minimum Gasteiger partial charge on any atom is -0.469 e. The van der Waals surface area contributed by atoms with Crippen molar-refractivity contribution in [2.24, 2.45) is 4.99 Å². The highest BCUT2D eigenvalue weighted by Gasteiger charge is 1.99. The van der Waals surface area contributed by atoms with Gasteiger partial charge in [0.05, 0.1) is 7.11 Å². The number of unbranched alkanes of at least 4 members (excludes halogenated alkanes) is 4. The van der Waals surface area contributed by atoms with Crippen LogP contribution < -0.4 is 10.6 Å². The lowest BCUT2D eigenvalue weighted by Gasteiger charge is -2.07. The molecule has 5 heteroatoms. The van der Waals surface area contributed by atoms with Gasteiger partial charge >= 0.3 is 5.97 Å². The smallest absolute Gasteiger partial charge is 0.305 e. The standard InChI is InChI=1S/C12H25N3O2/c1-13-12(14-2)15-10-8-6-4-5-7-9-11(16)17-3/h4-10H2,1-3H3,(H2,13,14,15). The Morgan fingerprint density at radius 2 is 1.82 bits per heavy atom. The summed E-state index contributed by atoms with van der Waals surface area (Å²) in [7, 11) is 5.04. The van der Waals surface area contributed by atoms with Gasteiger partial charge in [0.2, 0.25) is 0 Å². The summed E-state index contributed by atoms with van der Waals surface area (Å²) in [4.78, 5) is 14.9. The van der Waals surface area contributed by atoms with E-state index in [1.807, 2.05) is 7.05 Å². The van der Waals surface area contributed by atoms with Crippen molar-refractivity contribution in [3.63, 3.8) is 0 Å². The maximum Gasteiger partial charge on any atom is 0.305 e. The number of aliphatic imine (C=N–C) groups is 1. The molecular weight excluding hydrogens is 218 g/mol. The fourth-order valence-corrected chi connectivity index (χ4v) is 1.51. The van der Waals surface area contributed by atoms with Crippen LogP contribution in [0.3, 0.4) is 0 Å². The molecule has 0 spiro atoms. The summed E-state index contributed by atoms with van der Waals surface area (Å²) in [5.74, 6) is 0.722. The van der Waals surface area contributed by atoms with Crippen LogP contribution in [-0.2, 0) is 9.53 Å². The number of hydrogen-bond donors (Lipinski definition) is 2. The molecule has 0 aliphatic carbocycles. The minimum atomic E-state index is -0.107. The molecule has 5 nitrogen and oxygen atoms in total. The van der Waals surface area contributed by atoms with Gasteiger partial charge in [-0.25, -0.2) is 0 Å². The van der Waals surface area contributed by atoms with Crippen molar-refractivity contribution in [3.8, 4) is 0 Å². The van der Waals surface area contributed by atoms with Gasteiger partial charge in [0.25, 0.3) is 0 Å². The molecule has 0 atom stereocenters. The third-order valence-electron chi connectivity index (χ3n) is 2.54. The van der Waals surface area contributed by atoms with Crippen LogP contribution in [0.5, 0.6) is 0 Å². The summed E-state index contributed by atoms with van der Waals surface area (Å²) in [6.45, 7) is 0.935. The van der Waals surface area contributed by atoms with E-state index in [4.69, 9.17) is 0 Å². The van der Waals surface area contributed by atoms with E-state index in [0.29, 0.717) is 6.42 Å². The highest BCUT2D eigenvalue weighted by molar-refractivity contribution is 5.79. The molecule has 0 saturated carbocycles. The molecule has 0 amide bonds. The summed E-state index contributed by atoms with van der Waals surface area (Å²) in [6, 6.07) is 0. The second-order valence-electron chi connectivity index (χ2n) is 3.84. The highest BCUT2D eigenvalue weighted by Crippen LogP contribution is 2.05. The third kappa shape index (κ3) is 9.66. The second-order valence-corrected chi connectivity index (χ2v) is 3.84. The first-order valence-electron chi connectivity index (χ1n) is 6.19. The van der Waals surface area contributed by atoms with Crippen LogP contribution in [0.25, 0.3) is 0 Å². The van der Waals surface area contributed by atoms with E-state index in [1.54, 1.807) is 7.05 Å². The molecular formula is C12H25N3O2. The van der Waals surface area contributed by atoms with Crippen molar-refractivity contribution in [2.45, 2.75) is 38.5 Å². The molecule has 17 heavy (non-hydrogen) atoms. The first-order valence-corrected chi connectivity index (χ1v) is 6.19. The molecule has 0 aliphatic heterocycles. The molecule has 0 fully saturated rings. The molecule has 0 radical (unpaired) electrons. The Bertz CT molecular complexity index is 230. The topological polar surface area (TPSA) is 62.7 Å². The van der Waals surface area contributed by atoms with Gasteiger partial charge < -0.3 is 15.4 Å². The Morgan fingerprint density at radius 3 is 2.41 bits per heavy atom. The summed E-state index contributed by atoms with van der Waals surface area (Å²) in [5, 5.41) is 6.17. The van der Waals surface area contributed by atoms with Crippen LogP contribution in [-0.4, -0.2) is 39.7 Å². The number of carbonyl (C=O) groups excluding carboxylic acids is 1. The second kappa shape index (κ2) is 11.2. The number of ether oxygens (including phenoxy) is 1. The van der Waals surface area contributed by atoms with E-state index in [1.165, 1.54) is 13.5 Å². The van der Waals surface area contributed by atoms with Crippen LogP contribution >= 0.6 is 0 Å². The Labute approximate surface area is 104 Å². The predicted molar refractivity (Wildman–Crippen MR) is 70.1 cm³/mol. The molecule has 0 heterocycles. The average Bonchev–Trinajstić information content (AvgIpc) is 2.36. The van der Waals surface area contributed by atoms with Crippen molar-refractivity contribution in [1.82, 2.24) is 10.6 Å². The highest BCUT2D eigenvalue weighted by atomic mass is 16.5. The van der Waals surface area contributed by atoms with E-state index in [9.17, 15) is 4.79 Å². The van der Waals surface area contributed by atoms with Crippen LogP contribution in [0.4, 0.5) is 0 Å². The molecule has 0 bridgehead atoms. The average molecular weight is 243 g/mol. The lowest BCUT2D eigenvalue weighted by Crippen LogP contribution is -2.35. The fourth-order valence-electron chi connectivity index (χ4n) is 1.51. The summed E-state index contributed by atoms with van der Waals surface area (Å²) in [6.07, 6.45) is 6.03. The fraction of sp³-hybridized carbons (Fsp3) is 0.833. The Hall–Kier alpha value is -1.26. The zero-order chi connectivity index (χ0) is 12.9. The van der Waals surface area contributed by atoms with E-state index in [-0.39, 0.29) is 5.97 Å². The molecule has 0 aromatic carbocycles. The van der Waals surface area contributed by atoms with E-state index in [2.05, 4.69) is 20.4 Å². The number of nitrogens with zero attached hydrogens (tertiary/aromatic N) is 1. The van der Waals surface area contributed by atoms with Crippen LogP contribution in [0.2, 0.25) is 0 Å². The van der Waals surface area contributed by atoms with Crippen molar-refractivity contribution >= 4 is 11.9 Å². The quantitative estimate of drug-likeness (QED) is 0.292. The van der Waals surface area contributed by atoms with E-state index in [0.717, 1.165) is 38.2 Å². The van der Waals surface area contributed by atoms with Gasteiger partial charge in [-0.15, -0.1) is 0 Å². The van der Waals surface area contributed by atoms with Crippen LogP contribution in [0, 0.1) is 0 Å². The number of hydrogen-bond acceptors (Lipinski definition) is 3. The first-order chi connectivity index (χ1) is 8.24. The third-order valence-corrected chi connectivity index (χ3v) is 2.54. The summed E-state index contributed by atoms with van der Waals surface area (Å²) in [5.41, 5.74) is 0. The van der Waals surface area contributed by atoms with Crippen molar-refractivity contribution in [3.05, 3.63) is 0 Å². The summed E-state index contributed by atoms with van der Waals surface area (Å²) < 4.78 is 4.58. The monoisotopic (exact) mass is 243 g/mol. The molecule has 0 aliphatic rings. The number of esters is 1. The Kier molecular flexibility index (Phi) is 10.4. The van der Waals surface area contributed by atoms with Gasteiger partial charge in [-0.05, 0) is 12.8 Å². The minimum absolute atomic E-state index is 0.107. The molecule has 100 valence electrons. The predicted octanol–water partition coefficient (Wildman–Crippen LogP) is 1.29. The SMILES string of the molecule is CN=C(NC)NCCCCCCCC(=O)OC. The Morgan fingerprint density at radius 1 is 1.18 bits per heavy atom. The molecule has 2 N–H and O–H groups in total. The van der Waals surface area contributed by atoms with Gasteiger partial charge in [-0.1, -0.05) is 19.3 Å². The lowest BCUT2D eigenvalue weighted by atomic mass is 10.1. The van der Waals surface area contributed by atoms with Gasteiger partial charge in [0.15, 0.2) is 5.96 Å². The van der Waals surface area contributed by atoms with Crippen LogP contribution in [0.15, 0.2) is 4.99 Å². The normalized spacial score (nSPS) is 11.1. The number of nitrogens with one attached hydrogen (secondary N) is 2. The van der Waals surface area contributed by atoms with Crippen LogP contribution in [0.1, 0.15) is 38.5 Å². The van der Waals surface area contributed by atoms with Gasteiger partial charge in [-0.3, -0.25) is 9.79 Å². The molecule has 0 rings (SSSR count). The van der Waals surface area contributed by atoms with Gasteiger partial charge in [0, 0.05) is 27.1 Å². The van der Waals surface area contributed by atoms with Crippen molar-refractivity contribution < 1.29 is 9.53 Å². The van der Waals surface area contributed by atoms with E-state index < -0.39 is 0 Å². The lowest BCUT2D eigenvalue weighted by molar-refractivity contribution is -0.140. The maximum atomic E-state index is 10.8.